The first-order valence-electron chi connectivity index (χ1n) is 4.43. The Labute approximate surface area is 74.1 Å². The van der Waals surface area contributed by atoms with Gasteiger partial charge < -0.3 is 20.9 Å². The van der Waals surface area contributed by atoms with E-state index in [0.717, 1.165) is 13.0 Å². The van der Waals surface area contributed by atoms with Crippen molar-refractivity contribution in [2.24, 2.45) is 5.73 Å². The van der Waals surface area contributed by atoms with Crippen LogP contribution in [-0.2, 0) is 4.74 Å². The molecule has 0 radical (unpaired) electrons. The molecule has 0 aliphatic heterocycles. The summed E-state index contributed by atoms with van der Waals surface area (Å²) in [7, 11) is 0. The fourth-order valence-electron chi connectivity index (χ4n) is 0.773. The van der Waals surface area contributed by atoms with Crippen molar-refractivity contribution in [1.29, 1.82) is 0 Å². The van der Waals surface area contributed by atoms with E-state index in [-0.39, 0.29) is 6.61 Å². The van der Waals surface area contributed by atoms with Gasteiger partial charge in [0, 0.05) is 19.2 Å². The van der Waals surface area contributed by atoms with Crippen LogP contribution < -0.4 is 11.1 Å². The van der Waals surface area contributed by atoms with E-state index in [9.17, 15) is 0 Å². The standard InChI is InChI=1S/C8H20N2O2/c1-8(7-9)10-3-2-5-12-6-4-11/h8,10-11H,2-7,9H2,1H3. The zero-order chi connectivity index (χ0) is 9.23. The van der Waals surface area contributed by atoms with Gasteiger partial charge in [0.05, 0.1) is 13.2 Å². The Kier molecular flexibility index (Phi) is 8.81. The highest BCUT2D eigenvalue weighted by atomic mass is 16.5. The van der Waals surface area contributed by atoms with Crippen molar-refractivity contribution in [1.82, 2.24) is 5.32 Å². The second kappa shape index (κ2) is 8.93. The molecular weight excluding hydrogens is 156 g/mol. The van der Waals surface area contributed by atoms with Gasteiger partial charge in [-0.05, 0) is 19.9 Å². The van der Waals surface area contributed by atoms with Gasteiger partial charge in [-0.2, -0.15) is 0 Å². The molecule has 0 saturated carbocycles. The molecule has 1 unspecified atom stereocenters. The molecule has 4 heteroatoms. The molecule has 0 spiro atoms. The third-order valence-corrected chi connectivity index (χ3v) is 1.55. The number of hydrogen-bond donors (Lipinski definition) is 3. The molecule has 74 valence electrons. The van der Waals surface area contributed by atoms with E-state index >= 15 is 0 Å². The van der Waals surface area contributed by atoms with Gasteiger partial charge in [0.2, 0.25) is 0 Å². The van der Waals surface area contributed by atoms with Crippen LogP contribution in [0, 0.1) is 0 Å². The maximum Gasteiger partial charge on any atom is 0.0697 e. The normalized spacial score (nSPS) is 13.2. The maximum atomic E-state index is 8.39. The minimum atomic E-state index is 0.104. The number of nitrogens with one attached hydrogen (secondary N) is 1. The molecule has 0 aromatic heterocycles. The quantitative estimate of drug-likeness (QED) is 0.429. The van der Waals surface area contributed by atoms with Crippen molar-refractivity contribution < 1.29 is 9.84 Å². The molecule has 4 N–H and O–H groups in total. The van der Waals surface area contributed by atoms with E-state index in [1.165, 1.54) is 0 Å². The van der Waals surface area contributed by atoms with Crippen LogP contribution in [0.15, 0.2) is 0 Å². The lowest BCUT2D eigenvalue weighted by Crippen LogP contribution is -2.34. The maximum absolute atomic E-state index is 8.39. The van der Waals surface area contributed by atoms with E-state index < -0.39 is 0 Å². The molecule has 0 aromatic carbocycles. The lowest BCUT2D eigenvalue weighted by atomic mass is 10.3. The number of ether oxygens (including phenoxy) is 1. The molecule has 4 nitrogen and oxygen atoms in total. The highest BCUT2D eigenvalue weighted by Gasteiger charge is 1.95. The van der Waals surface area contributed by atoms with Crippen molar-refractivity contribution >= 4 is 0 Å². The van der Waals surface area contributed by atoms with Crippen molar-refractivity contribution in [3.63, 3.8) is 0 Å². The van der Waals surface area contributed by atoms with Gasteiger partial charge in [0.1, 0.15) is 0 Å². The van der Waals surface area contributed by atoms with Crippen molar-refractivity contribution in [3.05, 3.63) is 0 Å². The van der Waals surface area contributed by atoms with Gasteiger partial charge >= 0.3 is 0 Å². The molecule has 0 amide bonds. The minimum Gasteiger partial charge on any atom is -0.394 e. The smallest absolute Gasteiger partial charge is 0.0697 e. The molecule has 0 aliphatic carbocycles. The Morgan fingerprint density at radius 1 is 1.50 bits per heavy atom. The van der Waals surface area contributed by atoms with Crippen LogP contribution in [0.2, 0.25) is 0 Å². The van der Waals surface area contributed by atoms with E-state index in [4.69, 9.17) is 15.6 Å². The van der Waals surface area contributed by atoms with E-state index in [0.29, 0.717) is 25.8 Å². The number of aliphatic hydroxyl groups excluding tert-OH is 1. The predicted octanol–water partition coefficient (Wildman–Crippen LogP) is -0.678. The van der Waals surface area contributed by atoms with Gasteiger partial charge in [-0.1, -0.05) is 0 Å². The SMILES string of the molecule is CC(CN)NCCCOCCO. The van der Waals surface area contributed by atoms with Crippen molar-refractivity contribution in [2.75, 3.05) is 32.9 Å². The van der Waals surface area contributed by atoms with E-state index in [1.807, 2.05) is 0 Å². The third-order valence-electron chi connectivity index (χ3n) is 1.55. The summed E-state index contributed by atoms with van der Waals surface area (Å²) >= 11 is 0. The summed E-state index contributed by atoms with van der Waals surface area (Å²) < 4.78 is 5.08. The third kappa shape index (κ3) is 7.94. The lowest BCUT2D eigenvalue weighted by Gasteiger charge is -2.10. The number of aliphatic hydroxyl groups is 1. The summed E-state index contributed by atoms with van der Waals surface area (Å²) in [5.41, 5.74) is 5.41. The Hall–Kier alpha value is -0.160. The predicted molar refractivity (Wildman–Crippen MR) is 49.0 cm³/mol. The van der Waals surface area contributed by atoms with Crippen LogP contribution in [-0.4, -0.2) is 44.1 Å². The molecule has 1 atom stereocenters. The number of rotatable bonds is 8. The summed E-state index contributed by atoms with van der Waals surface area (Å²) in [6.07, 6.45) is 0.963. The number of nitrogens with two attached hydrogens (primary N) is 1. The average molecular weight is 176 g/mol. The Balaban J connectivity index is 2.90. The second-order valence-electron chi connectivity index (χ2n) is 2.78. The largest absolute Gasteiger partial charge is 0.394 e. The molecule has 0 rings (SSSR count). The zero-order valence-electron chi connectivity index (χ0n) is 7.75. The van der Waals surface area contributed by atoms with Gasteiger partial charge in [0.25, 0.3) is 0 Å². The van der Waals surface area contributed by atoms with Crippen molar-refractivity contribution in [3.8, 4) is 0 Å². The van der Waals surface area contributed by atoms with Gasteiger partial charge in [0.15, 0.2) is 0 Å². The number of hydrogen-bond acceptors (Lipinski definition) is 4. The fourth-order valence-corrected chi connectivity index (χ4v) is 0.773. The average Bonchev–Trinajstić information content (AvgIpc) is 2.10. The molecule has 0 bridgehead atoms. The summed E-state index contributed by atoms with van der Waals surface area (Å²) in [5, 5.41) is 11.6. The Morgan fingerprint density at radius 3 is 2.83 bits per heavy atom. The van der Waals surface area contributed by atoms with Crippen LogP contribution in [0.5, 0.6) is 0 Å². The molecular formula is C8H20N2O2. The summed E-state index contributed by atoms with van der Waals surface area (Å²) in [6.45, 7) is 4.87. The van der Waals surface area contributed by atoms with Crippen LogP contribution in [0.25, 0.3) is 0 Å². The van der Waals surface area contributed by atoms with Crippen LogP contribution in [0.4, 0.5) is 0 Å². The Bertz CT molecular complexity index is 91.1. The van der Waals surface area contributed by atoms with Crippen LogP contribution >= 0.6 is 0 Å². The topological polar surface area (TPSA) is 67.5 Å². The van der Waals surface area contributed by atoms with Gasteiger partial charge in [-0.3, -0.25) is 0 Å². The summed E-state index contributed by atoms with van der Waals surface area (Å²) in [4.78, 5) is 0. The monoisotopic (exact) mass is 176 g/mol. The first kappa shape index (κ1) is 11.8. The molecule has 0 heterocycles. The molecule has 0 aromatic rings. The first-order chi connectivity index (χ1) is 5.81. The molecule has 0 aliphatic rings. The molecule has 0 saturated heterocycles. The molecule has 0 fully saturated rings. The molecule has 12 heavy (non-hydrogen) atoms. The van der Waals surface area contributed by atoms with Gasteiger partial charge in [-0.15, -0.1) is 0 Å². The summed E-state index contributed by atoms with van der Waals surface area (Å²) in [5.74, 6) is 0. The van der Waals surface area contributed by atoms with Crippen molar-refractivity contribution in [2.45, 2.75) is 19.4 Å². The van der Waals surface area contributed by atoms with E-state index in [2.05, 4.69) is 12.2 Å². The second-order valence-corrected chi connectivity index (χ2v) is 2.78. The summed E-state index contributed by atoms with van der Waals surface area (Å²) in [6, 6.07) is 0.378. The van der Waals surface area contributed by atoms with E-state index in [1.54, 1.807) is 0 Å². The van der Waals surface area contributed by atoms with Gasteiger partial charge in [-0.25, -0.2) is 0 Å². The fraction of sp³-hybridized carbons (Fsp3) is 1.00. The van der Waals surface area contributed by atoms with Crippen LogP contribution in [0.3, 0.4) is 0 Å². The lowest BCUT2D eigenvalue weighted by molar-refractivity contribution is 0.0905. The highest BCUT2D eigenvalue weighted by molar-refractivity contribution is 4.59. The Morgan fingerprint density at radius 2 is 2.25 bits per heavy atom. The minimum absolute atomic E-state index is 0.104. The first-order valence-corrected chi connectivity index (χ1v) is 4.43. The van der Waals surface area contributed by atoms with Crippen LogP contribution in [0.1, 0.15) is 13.3 Å². The zero-order valence-corrected chi connectivity index (χ0v) is 7.75. The highest BCUT2D eigenvalue weighted by Crippen LogP contribution is 1.82.